The lowest BCUT2D eigenvalue weighted by molar-refractivity contribution is 0.0648. The fourth-order valence-electron chi connectivity index (χ4n) is 5.11. The van der Waals surface area contributed by atoms with Gasteiger partial charge in [-0.1, -0.05) is 24.3 Å². The van der Waals surface area contributed by atoms with E-state index in [1.165, 1.54) is 0 Å². The van der Waals surface area contributed by atoms with Crippen LogP contribution in [0.4, 0.5) is 5.82 Å². The maximum atomic E-state index is 13.6. The van der Waals surface area contributed by atoms with Crippen LogP contribution in [0.5, 0.6) is 0 Å². The van der Waals surface area contributed by atoms with Gasteiger partial charge >= 0.3 is 0 Å². The first-order chi connectivity index (χ1) is 17.5. The van der Waals surface area contributed by atoms with Crippen LogP contribution in [0.15, 0.2) is 48.4 Å². The summed E-state index contributed by atoms with van der Waals surface area (Å²) in [5, 5.41) is 21.2. The number of benzene rings is 1. The number of aryl methyl sites for hydroxylation is 1. The van der Waals surface area contributed by atoms with E-state index in [0.717, 1.165) is 35.6 Å². The number of carbonyl (C=O) groups is 1. The first kappa shape index (κ1) is 23.7. The molecule has 2 aliphatic heterocycles. The molecular formula is C27H29N7O2. The number of β-amino-alcohol motifs (C(OH)–C–C–N with tert-alkyl or cyclic N) is 1. The van der Waals surface area contributed by atoms with Gasteiger partial charge in [-0.15, -0.1) is 0 Å². The van der Waals surface area contributed by atoms with Crippen molar-refractivity contribution in [1.29, 1.82) is 5.26 Å². The van der Waals surface area contributed by atoms with E-state index in [4.69, 9.17) is 5.73 Å². The highest BCUT2D eigenvalue weighted by Gasteiger charge is 2.33. The van der Waals surface area contributed by atoms with Crippen LogP contribution in [0.3, 0.4) is 0 Å². The topological polar surface area (TPSA) is 132 Å². The van der Waals surface area contributed by atoms with E-state index in [1.807, 2.05) is 47.1 Å². The van der Waals surface area contributed by atoms with Crippen LogP contribution in [0.1, 0.15) is 41.1 Å². The predicted octanol–water partition coefficient (Wildman–Crippen LogP) is 2.65. The average Bonchev–Trinajstić information content (AvgIpc) is 3.29. The smallest absolute Gasteiger partial charge is 0.273 e. The summed E-state index contributed by atoms with van der Waals surface area (Å²) < 4.78 is 0. The summed E-state index contributed by atoms with van der Waals surface area (Å²) in [5.41, 5.74) is 8.39. The normalized spacial score (nSPS) is 22.6. The molecular weight excluding hydrogens is 454 g/mol. The van der Waals surface area contributed by atoms with Gasteiger partial charge in [0.05, 0.1) is 24.1 Å². The van der Waals surface area contributed by atoms with Gasteiger partial charge in [-0.05, 0) is 37.6 Å². The number of fused-ring (bicyclic) bond motifs is 1. The molecule has 4 heterocycles. The highest BCUT2D eigenvalue weighted by Crippen LogP contribution is 2.28. The minimum atomic E-state index is -0.710. The molecule has 36 heavy (non-hydrogen) atoms. The van der Waals surface area contributed by atoms with Crippen LogP contribution in [0.25, 0.3) is 16.8 Å². The summed E-state index contributed by atoms with van der Waals surface area (Å²) in [6.07, 6.45) is 7.02. The van der Waals surface area contributed by atoms with Crippen LogP contribution in [0.2, 0.25) is 0 Å². The monoisotopic (exact) mass is 483 g/mol. The van der Waals surface area contributed by atoms with E-state index in [1.54, 1.807) is 18.5 Å². The molecule has 2 aliphatic rings. The summed E-state index contributed by atoms with van der Waals surface area (Å²) in [5.74, 6) is 0.529. The van der Waals surface area contributed by atoms with E-state index >= 15 is 0 Å². The highest BCUT2D eigenvalue weighted by atomic mass is 16.3. The van der Waals surface area contributed by atoms with E-state index in [9.17, 15) is 15.2 Å². The molecule has 5 rings (SSSR count). The van der Waals surface area contributed by atoms with Gasteiger partial charge in [-0.3, -0.25) is 9.78 Å². The Morgan fingerprint density at radius 1 is 1.22 bits per heavy atom. The number of aliphatic hydroxyl groups excluding tert-OH is 1. The lowest BCUT2D eigenvalue weighted by Crippen LogP contribution is -2.46. The quantitative estimate of drug-likeness (QED) is 0.579. The molecule has 1 amide bonds. The molecule has 9 nitrogen and oxygen atoms in total. The number of carbonyl (C=O) groups excluding carboxylic acids is 1. The largest absolute Gasteiger partial charge is 0.400 e. The van der Waals surface area contributed by atoms with E-state index in [0.29, 0.717) is 42.7 Å². The molecule has 0 spiro atoms. The molecule has 3 N–H and O–H groups in total. The second kappa shape index (κ2) is 9.91. The molecule has 0 aliphatic carbocycles. The number of likely N-dealkylation sites (tertiary alicyclic amines) is 1. The van der Waals surface area contributed by atoms with Gasteiger partial charge in [0.25, 0.3) is 5.91 Å². The SMILES string of the molecule is Cc1cnc(C=C(N)[C@@H]2CCCCN2C(=O)c2nccc3ccccc23)nc1N1C[C@@H](C#N)[C@@H](O)C1. The number of pyridine rings is 1. The minimum absolute atomic E-state index is 0.132. The summed E-state index contributed by atoms with van der Waals surface area (Å²) in [6, 6.07) is 11.5. The lowest BCUT2D eigenvalue weighted by Gasteiger charge is -2.36. The van der Waals surface area contributed by atoms with Crippen LogP contribution in [-0.2, 0) is 0 Å². The van der Waals surface area contributed by atoms with Crippen molar-refractivity contribution < 1.29 is 9.90 Å². The Balaban J connectivity index is 1.42. The molecule has 1 aromatic carbocycles. The van der Waals surface area contributed by atoms with E-state index in [-0.39, 0.29) is 11.9 Å². The number of hydrogen-bond acceptors (Lipinski definition) is 8. The van der Waals surface area contributed by atoms with Gasteiger partial charge in [0.1, 0.15) is 11.5 Å². The molecule has 0 radical (unpaired) electrons. The number of nitriles is 1. The average molecular weight is 484 g/mol. The molecule has 3 aromatic rings. The third-order valence-corrected chi connectivity index (χ3v) is 7.04. The zero-order chi connectivity index (χ0) is 25.2. The second-order valence-electron chi connectivity index (χ2n) is 9.48. The minimum Gasteiger partial charge on any atom is -0.400 e. The van der Waals surface area contributed by atoms with Crippen molar-refractivity contribution in [2.45, 2.75) is 38.3 Å². The number of piperidine rings is 1. The number of aromatic nitrogens is 3. The number of nitrogens with two attached hydrogens (primary N) is 1. The van der Waals surface area contributed by atoms with Crippen LogP contribution in [-0.4, -0.2) is 62.6 Å². The number of hydrogen-bond donors (Lipinski definition) is 2. The van der Waals surface area contributed by atoms with Crippen LogP contribution in [0, 0.1) is 24.2 Å². The molecule has 9 heteroatoms. The molecule has 184 valence electrons. The maximum Gasteiger partial charge on any atom is 0.273 e. The van der Waals surface area contributed by atoms with Gasteiger partial charge in [-0.25, -0.2) is 9.97 Å². The summed E-state index contributed by atoms with van der Waals surface area (Å²) in [4.78, 5) is 30.9. The molecule has 3 atom stereocenters. The van der Waals surface area contributed by atoms with Gasteiger partial charge in [0, 0.05) is 54.8 Å². The Kier molecular flexibility index (Phi) is 6.53. The molecule has 0 unspecified atom stereocenters. The van der Waals surface area contributed by atoms with Crippen molar-refractivity contribution in [2.75, 3.05) is 24.5 Å². The number of anilines is 1. The fourth-order valence-corrected chi connectivity index (χ4v) is 5.11. The predicted molar refractivity (Wildman–Crippen MR) is 137 cm³/mol. The zero-order valence-corrected chi connectivity index (χ0v) is 20.2. The number of aliphatic hydroxyl groups is 1. The Hall–Kier alpha value is -4.03. The highest BCUT2D eigenvalue weighted by molar-refractivity contribution is 6.05. The van der Waals surface area contributed by atoms with Gasteiger partial charge < -0.3 is 20.6 Å². The van der Waals surface area contributed by atoms with Crippen molar-refractivity contribution in [1.82, 2.24) is 19.9 Å². The molecule has 2 aromatic heterocycles. The van der Waals surface area contributed by atoms with Gasteiger partial charge in [0.2, 0.25) is 0 Å². The fraction of sp³-hybridized carbons (Fsp3) is 0.370. The summed E-state index contributed by atoms with van der Waals surface area (Å²) >= 11 is 0. The molecule has 0 saturated carbocycles. The van der Waals surface area contributed by atoms with Gasteiger partial charge in [-0.2, -0.15) is 5.26 Å². The van der Waals surface area contributed by atoms with Gasteiger partial charge in [0.15, 0.2) is 5.82 Å². The second-order valence-corrected chi connectivity index (χ2v) is 9.48. The maximum absolute atomic E-state index is 13.6. The zero-order valence-electron chi connectivity index (χ0n) is 20.2. The number of amides is 1. The van der Waals surface area contributed by atoms with Crippen molar-refractivity contribution in [3.05, 3.63) is 65.5 Å². The lowest BCUT2D eigenvalue weighted by atomic mass is 9.98. The molecule has 0 bridgehead atoms. The Bertz CT molecular complexity index is 1360. The van der Waals surface area contributed by atoms with Crippen molar-refractivity contribution in [2.24, 2.45) is 11.7 Å². The Labute approximate surface area is 209 Å². The van der Waals surface area contributed by atoms with Crippen LogP contribution < -0.4 is 10.6 Å². The summed E-state index contributed by atoms with van der Waals surface area (Å²) in [6.45, 7) is 3.26. The molecule has 2 saturated heterocycles. The van der Waals surface area contributed by atoms with Crippen LogP contribution >= 0.6 is 0 Å². The first-order valence-electron chi connectivity index (χ1n) is 12.2. The summed E-state index contributed by atoms with van der Waals surface area (Å²) in [7, 11) is 0. The number of nitrogens with zero attached hydrogens (tertiary/aromatic N) is 6. The Morgan fingerprint density at radius 2 is 2.06 bits per heavy atom. The third kappa shape index (κ3) is 4.48. The first-order valence-corrected chi connectivity index (χ1v) is 12.2. The van der Waals surface area contributed by atoms with E-state index in [2.05, 4.69) is 21.0 Å². The molecule has 2 fully saturated rings. The Morgan fingerprint density at radius 3 is 2.86 bits per heavy atom. The standard InChI is InChI=1S/C27H29N7O2/c1-17-14-31-24(32-26(17)33-15-19(13-28)23(35)16-33)12-21(29)22-8-4-5-11-34(22)27(36)25-20-7-3-2-6-18(20)9-10-30-25/h2-3,6-7,9-10,12,14,19,22-23,35H,4-5,8,11,15-16,29H2,1H3/t19-,22+,23+/m1/s1. The number of rotatable bonds is 4. The van der Waals surface area contributed by atoms with Crippen molar-refractivity contribution in [3.8, 4) is 6.07 Å². The van der Waals surface area contributed by atoms with Crippen molar-refractivity contribution >= 4 is 28.6 Å². The third-order valence-electron chi connectivity index (χ3n) is 7.04. The van der Waals surface area contributed by atoms with E-state index < -0.39 is 12.0 Å². The van der Waals surface area contributed by atoms with Crippen molar-refractivity contribution in [3.63, 3.8) is 0 Å².